The average molecular weight is 499 g/mol. The molecule has 0 spiro atoms. The molecule has 196 valence electrons. The second-order valence-electron chi connectivity index (χ2n) is 8.92. The monoisotopic (exact) mass is 498 g/mol. The molecule has 0 aliphatic carbocycles. The van der Waals surface area contributed by atoms with Gasteiger partial charge in [-0.2, -0.15) is 0 Å². The lowest BCUT2D eigenvalue weighted by Gasteiger charge is -2.26. The fourth-order valence-electron chi connectivity index (χ4n) is 4.26. The number of aliphatic carboxylic acids is 1. The van der Waals surface area contributed by atoms with Crippen LogP contribution >= 0.6 is 0 Å². The molecular formula is C27H38N4O5. The third kappa shape index (κ3) is 9.73. The van der Waals surface area contributed by atoms with Gasteiger partial charge < -0.3 is 30.1 Å². The van der Waals surface area contributed by atoms with Crippen molar-refractivity contribution in [1.82, 2.24) is 15.2 Å². The number of carboxylic acids is 1. The van der Waals surface area contributed by atoms with Crippen molar-refractivity contribution >= 4 is 18.2 Å². The van der Waals surface area contributed by atoms with E-state index in [-0.39, 0.29) is 13.0 Å². The Morgan fingerprint density at radius 1 is 1.08 bits per heavy atom. The Morgan fingerprint density at radius 2 is 1.83 bits per heavy atom. The van der Waals surface area contributed by atoms with Crippen LogP contribution in [0.1, 0.15) is 49.8 Å². The molecule has 9 heteroatoms. The van der Waals surface area contributed by atoms with E-state index >= 15 is 0 Å². The Balaban J connectivity index is 0.000000176. The molecule has 2 aromatic rings. The number of pyridine rings is 1. The van der Waals surface area contributed by atoms with Gasteiger partial charge in [-0.05, 0) is 81.9 Å². The van der Waals surface area contributed by atoms with Crippen molar-refractivity contribution in [3.8, 4) is 11.5 Å². The lowest BCUT2D eigenvalue weighted by Crippen LogP contribution is -2.30. The van der Waals surface area contributed by atoms with Gasteiger partial charge in [-0.3, -0.25) is 9.59 Å². The summed E-state index contributed by atoms with van der Waals surface area (Å²) in [4.78, 5) is 26.6. The second-order valence-corrected chi connectivity index (χ2v) is 8.92. The molecular weight excluding hydrogens is 460 g/mol. The summed E-state index contributed by atoms with van der Waals surface area (Å²) in [5.41, 5.74) is 2.65. The van der Waals surface area contributed by atoms with E-state index < -0.39 is 5.97 Å². The van der Waals surface area contributed by atoms with Crippen molar-refractivity contribution in [3.63, 3.8) is 0 Å². The highest BCUT2D eigenvalue weighted by atomic mass is 16.7. The van der Waals surface area contributed by atoms with E-state index in [0.717, 1.165) is 30.3 Å². The minimum Gasteiger partial charge on any atom is -0.481 e. The summed E-state index contributed by atoms with van der Waals surface area (Å²) in [7, 11) is 0. The highest BCUT2D eigenvalue weighted by Crippen LogP contribution is 2.30. The van der Waals surface area contributed by atoms with Gasteiger partial charge in [0.25, 0.3) is 0 Å². The Kier molecular flexibility index (Phi) is 11.8. The predicted molar refractivity (Wildman–Crippen MR) is 139 cm³/mol. The van der Waals surface area contributed by atoms with Gasteiger partial charge in [0.1, 0.15) is 5.82 Å². The Morgan fingerprint density at radius 3 is 2.53 bits per heavy atom. The van der Waals surface area contributed by atoms with E-state index in [1.807, 2.05) is 24.3 Å². The summed E-state index contributed by atoms with van der Waals surface area (Å²) < 4.78 is 10.2. The lowest BCUT2D eigenvalue weighted by molar-refractivity contribution is -0.136. The van der Waals surface area contributed by atoms with E-state index in [9.17, 15) is 9.59 Å². The maximum absolute atomic E-state index is 9.72. The molecule has 1 aromatic carbocycles. The summed E-state index contributed by atoms with van der Waals surface area (Å²) in [6.45, 7) is 5.50. The molecule has 1 amide bonds. The van der Waals surface area contributed by atoms with Crippen LogP contribution in [0.3, 0.4) is 0 Å². The third-order valence-electron chi connectivity index (χ3n) is 6.15. The van der Waals surface area contributed by atoms with Crippen LogP contribution in [0.25, 0.3) is 0 Å². The van der Waals surface area contributed by atoms with Gasteiger partial charge in [0.15, 0.2) is 11.5 Å². The number of ether oxygens (including phenoxy) is 2. The number of nitrogens with one attached hydrogen (secondary N) is 2. The Hall–Kier alpha value is -3.33. The minimum atomic E-state index is -0.903. The second kappa shape index (κ2) is 15.6. The van der Waals surface area contributed by atoms with E-state index in [4.69, 9.17) is 19.6 Å². The molecule has 5 rings (SSSR count). The van der Waals surface area contributed by atoms with Gasteiger partial charge in [0, 0.05) is 18.8 Å². The van der Waals surface area contributed by atoms with Crippen molar-refractivity contribution in [1.29, 1.82) is 0 Å². The molecule has 1 saturated heterocycles. The number of benzene rings is 1. The molecule has 1 aromatic heterocycles. The third-order valence-corrected chi connectivity index (χ3v) is 6.15. The largest absolute Gasteiger partial charge is 0.481 e. The smallest absolute Gasteiger partial charge is 0.305 e. The number of hydrogen-bond donors (Lipinski definition) is 3. The van der Waals surface area contributed by atoms with Gasteiger partial charge in [-0.15, -0.1) is 0 Å². The first-order valence-corrected chi connectivity index (χ1v) is 12.8. The number of nitrogens with zero attached hydrogens (tertiary/aromatic N) is 2. The number of fused-ring (bicyclic) bond motifs is 2. The van der Waals surface area contributed by atoms with Crippen LogP contribution in [0.5, 0.6) is 11.5 Å². The van der Waals surface area contributed by atoms with Gasteiger partial charge >= 0.3 is 5.97 Å². The number of likely N-dealkylation sites (tertiary alicyclic amines) is 1. The number of aryl methyl sites for hydroxylation is 2. The van der Waals surface area contributed by atoms with Gasteiger partial charge in [0.05, 0.1) is 6.42 Å². The first kappa shape index (κ1) is 27.3. The topological polar surface area (TPSA) is 113 Å². The molecule has 36 heavy (non-hydrogen) atoms. The molecule has 0 bridgehead atoms. The summed E-state index contributed by atoms with van der Waals surface area (Å²) in [6.07, 6.45) is 9.45. The van der Waals surface area contributed by atoms with Crippen LogP contribution in [-0.4, -0.2) is 66.9 Å². The van der Waals surface area contributed by atoms with Crippen LogP contribution in [0, 0.1) is 0 Å². The fraction of sp³-hybridized carbons (Fsp3) is 0.519. The maximum atomic E-state index is 9.72. The molecule has 0 radical (unpaired) electrons. The number of hydrogen-bond acceptors (Lipinski definition) is 7. The Bertz CT molecular complexity index is 927. The first-order chi connectivity index (χ1) is 17.7. The minimum absolute atomic E-state index is 0.0151. The number of rotatable bonds is 8. The summed E-state index contributed by atoms with van der Waals surface area (Å²) in [5, 5.41) is 13.6. The SMILES string of the molecule is O=CNCCC(=O)O.c1cc2c(nc1CCCN1CCCCC1)NCCC2.c1ccc2c(c1)OCO2. The normalized spacial score (nSPS) is 15.7. The number of aromatic nitrogens is 1. The van der Waals surface area contributed by atoms with Gasteiger partial charge in [-0.1, -0.05) is 24.6 Å². The van der Waals surface area contributed by atoms with Gasteiger partial charge in [0.2, 0.25) is 13.2 Å². The van der Waals surface area contributed by atoms with E-state index in [0.29, 0.717) is 13.2 Å². The van der Waals surface area contributed by atoms with Crippen molar-refractivity contribution < 1.29 is 24.2 Å². The molecule has 0 saturated carbocycles. The van der Waals surface area contributed by atoms with Crippen LogP contribution < -0.4 is 20.1 Å². The molecule has 0 unspecified atom stereocenters. The van der Waals surface area contributed by atoms with Crippen LogP contribution in [0.2, 0.25) is 0 Å². The van der Waals surface area contributed by atoms with Crippen molar-refractivity contribution in [3.05, 3.63) is 47.7 Å². The molecule has 0 atom stereocenters. The zero-order chi connectivity index (χ0) is 25.4. The molecule has 9 nitrogen and oxygen atoms in total. The number of carbonyl (C=O) groups excluding carboxylic acids is 1. The van der Waals surface area contributed by atoms with Crippen LogP contribution in [0.15, 0.2) is 36.4 Å². The van der Waals surface area contributed by atoms with E-state index in [1.54, 1.807) is 0 Å². The number of amides is 1. The van der Waals surface area contributed by atoms with Gasteiger partial charge in [-0.25, -0.2) is 4.98 Å². The molecule has 3 aliphatic heterocycles. The molecule has 4 heterocycles. The molecule has 3 aliphatic rings. The molecule has 3 N–H and O–H groups in total. The number of carbonyl (C=O) groups is 2. The first-order valence-electron chi connectivity index (χ1n) is 12.8. The quantitative estimate of drug-likeness (QED) is 0.375. The standard InChI is InChI=1S/C16H25N3.C7H6O2.C4H7NO3/c1-2-11-19(12-3-1)13-5-7-15-9-8-14-6-4-10-17-16(14)18-15;1-2-4-7-6(3-1)8-5-9-7;6-3-5-2-1-4(7)8/h8-9H,1-7,10-13H2,(H,17,18);1-4H,5H2;3H,1-2H2,(H,5,6)(H,7,8). The van der Waals surface area contributed by atoms with E-state index in [2.05, 4.69) is 27.7 Å². The highest BCUT2D eigenvalue weighted by Gasteiger charge is 2.12. The summed E-state index contributed by atoms with van der Waals surface area (Å²) in [5.74, 6) is 1.93. The zero-order valence-corrected chi connectivity index (χ0v) is 20.9. The number of anilines is 1. The van der Waals surface area contributed by atoms with E-state index in [1.165, 1.54) is 69.4 Å². The predicted octanol–water partition coefficient (Wildman–Crippen LogP) is 3.48. The lowest BCUT2D eigenvalue weighted by atomic mass is 10.1. The van der Waals surface area contributed by atoms with Crippen molar-refractivity contribution in [2.45, 2.75) is 51.4 Å². The fourth-order valence-corrected chi connectivity index (χ4v) is 4.26. The maximum Gasteiger partial charge on any atom is 0.305 e. The van der Waals surface area contributed by atoms with Crippen molar-refractivity contribution in [2.24, 2.45) is 0 Å². The van der Waals surface area contributed by atoms with Crippen LogP contribution in [-0.2, 0) is 22.4 Å². The van der Waals surface area contributed by atoms with Crippen LogP contribution in [0.4, 0.5) is 5.82 Å². The zero-order valence-electron chi connectivity index (χ0n) is 20.9. The Labute approximate surface area is 213 Å². The summed E-state index contributed by atoms with van der Waals surface area (Å²) in [6, 6.07) is 12.1. The highest BCUT2D eigenvalue weighted by molar-refractivity contribution is 5.67. The molecule has 1 fully saturated rings. The average Bonchev–Trinajstić information content (AvgIpc) is 3.39. The number of para-hydroxylation sites is 2. The summed E-state index contributed by atoms with van der Waals surface area (Å²) >= 11 is 0. The number of piperidine rings is 1. The number of carboxylic acid groups (broad SMARTS) is 1. The van der Waals surface area contributed by atoms with Crippen molar-refractivity contribution in [2.75, 3.05) is 44.8 Å².